The summed E-state index contributed by atoms with van der Waals surface area (Å²) in [5, 5.41) is 19.1. The first kappa shape index (κ1) is 11.7. The lowest BCUT2D eigenvalue weighted by atomic mass is 9.91. The third-order valence-electron chi connectivity index (χ3n) is 2.26. The molecule has 0 aliphatic heterocycles. The Hall–Kier alpha value is -0.340. The molecule has 0 heterocycles. The molecule has 72 valence electrons. The Morgan fingerprint density at radius 3 is 2.25 bits per heavy atom. The number of allylic oxidation sites excluding steroid dienone is 1. The van der Waals surface area contributed by atoms with Crippen molar-refractivity contribution in [3.05, 3.63) is 12.2 Å². The molecule has 2 atom stereocenters. The van der Waals surface area contributed by atoms with Gasteiger partial charge < -0.3 is 10.2 Å². The molecule has 0 rings (SSSR count). The normalized spacial score (nSPS) is 19.4. The highest BCUT2D eigenvalue weighted by molar-refractivity contribution is 4.93. The standard InChI is InChI=1S/C10H20O2/c1-4-6-7-8-10(12,5-2)9(3)11/h6-7,9,11-12H,4-5,8H2,1-3H3/b7-6+. The number of aliphatic hydroxyl groups excluding tert-OH is 1. The van der Waals surface area contributed by atoms with Gasteiger partial charge in [0.15, 0.2) is 0 Å². The van der Waals surface area contributed by atoms with E-state index in [1.165, 1.54) is 0 Å². The van der Waals surface area contributed by atoms with Crippen molar-refractivity contribution >= 4 is 0 Å². The van der Waals surface area contributed by atoms with Gasteiger partial charge in [-0.2, -0.15) is 0 Å². The summed E-state index contributed by atoms with van der Waals surface area (Å²) in [7, 11) is 0. The predicted octanol–water partition coefficient (Wildman–Crippen LogP) is 1.86. The molecule has 0 amide bonds. The highest BCUT2D eigenvalue weighted by atomic mass is 16.3. The first-order valence-corrected chi connectivity index (χ1v) is 4.62. The summed E-state index contributed by atoms with van der Waals surface area (Å²) in [4.78, 5) is 0. The van der Waals surface area contributed by atoms with Gasteiger partial charge in [-0.15, -0.1) is 0 Å². The molecular weight excluding hydrogens is 152 g/mol. The van der Waals surface area contributed by atoms with E-state index in [1.807, 2.05) is 26.0 Å². The SMILES string of the molecule is CC/C=C/CC(O)(CC)C(C)O. The molecule has 0 saturated heterocycles. The highest BCUT2D eigenvalue weighted by Crippen LogP contribution is 2.20. The van der Waals surface area contributed by atoms with Crippen molar-refractivity contribution in [3.63, 3.8) is 0 Å². The van der Waals surface area contributed by atoms with Crippen LogP contribution in [0.1, 0.15) is 40.0 Å². The Bertz CT molecular complexity index is 141. The Kier molecular flexibility index (Phi) is 5.18. The second-order valence-corrected chi connectivity index (χ2v) is 3.22. The molecule has 0 aromatic carbocycles. The van der Waals surface area contributed by atoms with Crippen LogP contribution in [0.5, 0.6) is 0 Å². The fourth-order valence-corrected chi connectivity index (χ4v) is 1.06. The predicted molar refractivity (Wildman–Crippen MR) is 51.0 cm³/mol. The molecule has 2 heteroatoms. The zero-order valence-electron chi connectivity index (χ0n) is 8.25. The van der Waals surface area contributed by atoms with Gasteiger partial charge in [-0.25, -0.2) is 0 Å². The van der Waals surface area contributed by atoms with Gasteiger partial charge in [-0.1, -0.05) is 26.0 Å². The van der Waals surface area contributed by atoms with Crippen molar-refractivity contribution in [2.75, 3.05) is 0 Å². The van der Waals surface area contributed by atoms with Crippen LogP contribution in [0.25, 0.3) is 0 Å². The summed E-state index contributed by atoms with van der Waals surface area (Å²) < 4.78 is 0. The van der Waals surface area contributed by atoms with Gasteiger partial charge in [0.25, 0.3) is 0 Å². The molecule has 0 aliphatic rings. The van der Waals surface area contributed by atoms with Gasteiger partial charge in [0.1, 0.15) is 0 Å². The maximum Gasteiger partial charge on any atom is 0.0934 e. The average molecular weight is 172 g/mol. The summed E-state index contributed by atoms with van der Waals surface area (Å²) in [6.07, 6.45) is 5.36. The number of hydrogen-bond donors (Lipinski definition) is 2. The molecule has 0 aromatic rings. The fourth-order valence-electron chi connectivity index (χ4n) is 1.06. The van der Waals surface area contributed by atoms with Crippen LogP contribution >= 0.6 is 0 Å². The van der Waals surface area contributed by atoms with Crippen molar-refractivity contribution in [2.45, 2.75) is 51.7 Å². The third kappa shape index (κ3) is 3.37. The van der Waals surface area contributed by atoms with E-state index >= 15 is 0 Å². The van der Waals surface area contributed by atoms with Crippen LogP contribution in [0.2, 0.25) is 0 Å². The van der Waals surface area contributed by atoms with E-state index in [0.29, 0.717) is 12.8 Å². The maximum atomic E-state index is 9.82. The Morgan fingerprint density at radius 2 is 1.92 bits per heavy atom. The molecule has 0 aliphatic carbocycles. The summed E-state index contributed by atoms with van der Waals surface area (Å²) in [6.45, 7) is 5.56. The lowest BCUT2D eigenvalue weighted by Gasteiger charge is -2.28. The van der Waals surface area contributed by atoms with Gasteiger partial charge in [-0.05, 0) is 26.2 Å². The second kappa shape index (κ2) is 5.33. The van der Waals surface area contributed by atoms with Crippen molar-refractivity contribution < 1.29 is 10.2 Å². The maximum absolute atomic E-state index is 9.82. The minimum absolute atomic E-state index is 0.537. The molecular formula is C10H20O2. The van der Waals surface area contributed by atoms with Gasteiger partial charge in [-0.3, -0.25) is 0 Å². The number of rotatable bonds is 5. The van der Waals surface area contributed by atoms with Gasteiger partial charge >= 0.3 is 0 Å². The first-order valence-electron chi connectivity index (χ1n) is 4.62. The van der Waals surface area contributed by atoms with E-state index in [4.69, 9.17) is 0 Å². The van der Waals surface area contributed by atoms with Gasteiger partial charge in [0.05, 0.1) is 11.7 Å². The third-order valence-corrected chi connectivity index (χ3v) is 2.26. The molecule has 0 bridgehead atoms. The lowest BCUT2D eigenvalue weighted by molar-refractivity contribution is -0.0660. The van der Waals surface area contributed by atoms with Crippen LogP contribution in [0.3, 0.4) is 0 Å². The van der Waals surface area contributed by atoms with Crippen LogP contribution in [0.15, 0.2) is 12.2 Å². The van der Waals surface area contributed by atoms with Crippen molar-refractivity contribution in [2.24, 2.45) is 0 Å². The molecule has 0 saturated carbocycles. The largest absolute Gasteiger partial charge is 0.390 e. The quantitative estimate of drug-likeness (QED) is 0.621. The van der Waals surface area contributed by atoms with E-state index < -0.39 is 11.7 Å². The zero-order valence-corrected chi connectivity index (χ0v) is 8.25. The lowest BCUT2D eigenvalue weighted by Crippen LogP contribution is -2.39. The van der Waals surface area contributed by atoms with E-state index in [0.717, 1.165) is 6.42 Å². The molecule has 0 spiro atoms. The molecule has 12 heavy (non-hydrogen) atoms. The van der Waals surface area contributed by atoms with Gasteiger partial charge in [0.2, 0.25) is 0 Å². The molecule has 2 nitrogen and oxygen atoms in total. The fraction of sp³-hybridized carbons (Fsp3) is 0.800. The molecule has 0 aromatic heterocycles. The van der Waals surface area contributed by atoms with Crippen molar-refractivity contribution in [1.29, 1.82) is 0 Å². The molecule has 2 unspecified atom stereocenters. The molecule has 0 radical (unpaired) electrons. The van der Waals surface area contributed by atoms with Gasteiger partial charge in [0, 0.05) is 0 Å². The number of hydrogen-bond acceptors (Lipinski definition) is 2. The highest BCUT2D eigenvalue weighted by Gasteiger charge is 2.28. The van der Waals surface area contributed by atoms with E-state index in [1.54, 1.807) is 6.92 Å². The van der Waals surface area contributed by atoms with Crippen LogP contribution in [0, 0.1) is 0 Å². The van der Waals surface area contributed by atoms with E-state index in [2.05, 4.69) is 0 Å². The van der Waals surface area contributed by atoms with Crippen molar-refractivity contribution in [3.8, 4) is 0 Å². The summed E-state index contributed by atoms with van der Waals surface area (Å²) >= 11 is 0. The Labute approximate surface area is 74.9 Å². The molecule has 2 N–H and O–H groups in total. The minimum Gasteiger partial charge on any atom is -0.390 e. The Balaban J connectivity index is 4.05. The second-order valence-electron chi connectivity index (χ2n) is 3.22. The Morgan fingerprint density at radius 1 is 1.33 bits per heavy atom. The van der Waals surface area contributed by atoms with Crippen LogP contribution in [-0.2, 0) is 0 Å². The molecule has 0 fully saturated rings. The summed E-state index contributed by atoms with van der Waals surface area (Å²) in [5.74, 6) is 0. The average Bonchev–Trinajstić information content (AvgIpc) is 2.04. The zero-order chi connectivity index (χ0) is 9.61. The smallest absolute Gasteiger partial charge is 0.0934 e. The minimum atomic E-state index is -0.939. The van der Waals surface area contributed by atoms with E-state index in [9.17, 15) is 10.2 Å². The topological polar surface area (TPSA) is 40.5 Å². The van der Waals surface area contributed by atoms with Crippen LogP contribution in [-0.4, -0.2) is 21.9 Å². The van der Waals surface area contributed by atoms with Crippen molar-refractivity contribution in [1.82, 2.24) is 0 Å². The first-order chi connectivity index (χ1) is 5.56. The monoisotopic (exact) mass is 172 g/mol. The van der Waals surface area contributed by atoms with Crippen LogP contribution < -0.4 is 0 Å². The summed E-state index contributed by atoms with van der Waals surface area (Å²) in [5.41, 5.74) is -0.939. The summed E-state index contributed by atoms with van der Waals surface area (Å²) in [6, 6.07) is 0. The van der Waals surface area contributed by atoms with Crippen LogP contribution in [0.4, 0.5) is 0 Å². The number of aliphatic hydroxyl groups is 2. The van der Waals surface area contributed by atoms with E-state index in [-0.39, 0.29) is 0 Å².